The lowest BCUT2D eigenvalue weighted by molar-refractivity contribution is -0.110. The van der Waals surface area contributed by atoms with E-state index in [4.69, 9.17) is 4.74 Å². The monoisotopic (exact) mass is 301 g/mol. The molecule has 1 aromatic heterocycles. The molecule has 0 aliphatic rings. The number of allylic oxidation sites excluding steroid dienone is 2. The molecule has 0 bridgehead atoms. The molecule has 0 aliphatic heterocycles. The third-order valence-corrected chi connectivity index (χ3v) is 3.46. The summed E-state index contributed by atoms with van der Waals surface area (Å²) in [5.74, 6) is 0.619. The van der Waals surface area contributed by atoms with Crippen LogP contribution >= 0.6 is 0 Å². The second kappa shape index (κ2) is 6.82. The highest BCUT2D eigenvalue weighted by atomic mass is 16.5. The first-order valence-corrected chi connectivity index (χ1v) is 7.48. The van der Waals surface area contributed by atoms with Gasteiger partial charge in [0.2, 0.25) is 0 Å². The zero-order chi connectivity index (χ0) is 17.1. The van der Waals surface area contributed by atoms with Crippen LogP contribution in [0.15, 0.2) is 25.3 Å². The van der Waals surface area contributed by atoms with Crippen LogP contribution < -0.4 is 0 Å². The Balaban J connectivity index is 3.53. The molecule has 0 aliphatic carbocycles. The van der Waals surface area contributed by atoms with Gasteiger partial charge in [-0.05, 0) is 41.5 Å². The van der Waals surface area contributed by atoms with Gasteiger partial charge in [0.15, 0.2) is 0 Å². The first-order chi connectivity index (χ1) is 10.1. The van der Waals surface area contributed by atoms with Gasteiger partial charge in [-0.2, -0.15) is 0 Å². The maximum Gasteiger partial charge on any atom is 0.142 e. The van der Waals surface area contributed by atoms with Crippen molar-refractivity contribution in [1.29, 1.82) is 0 Å². The van der Waals surface area contributed by atoms with Crippen LogP contribution in [-0.4, -0.2) is 16.5 Å². The number of carbonyl (C=O) groups is 1. The maximum absolute atomic E-state index is 11.2. The van der Waals surface area contributed by atoms with Gasteiger partial charge in [0.05, 0.1) is 6.04 Å². The van der Waals surface area contributed by atoms with Crippen LogP contribution in [0.1, 0.15) is 56.3 Å². The maximum atomic E-state index is 11.2. The normalized spacial score (nSPS) is 13.2. The van der Waals surface area contributed by atoms with Crippen molar-refractivity contribution >= 4 is 18.1 Å². The summed E-state index contributed by atoms with van der Waals surface area (Å²) in [4.78, 5) is 11.2. The molecule has 0 radical (unpaired) electrons. The number of hydrogen-bond donors (Lipinski definition) is 0. The number of hydrogen-bond acceptors (Lipinski definition) is 2. The Labute approximate surface area is 134 Å². The molecule has 3 nitrogen and oxygen atoms in total. The Bertz CT molecular complexity index is 612. The molecular weight excluding hydrogens is 274 g/mol. The molecule has 0 saturated carbocycles. The standard InChI is InChI=1S/C19H27NO2/c1-9-10-11-17-14(3)20(13(2)12-21)15(4)18(17)16(5)22-19(6,7)8/h9-13H,1,5H2,2-4,6-8H3/b11-10-. The summed E-state index contributed by atoms with van der Waals surface area (Å²) in [5.41, 5.74) is 3.63. The van der Waals surface area contributed by atoms with Gasteiger partial charge >= 0.3 is 0 Å². The largest absolute Gasteiger partial charge is 0.488 e. The van der Waals surface area contributed by atoms with Gasteiger partial charge in [-0.15, -0.1) is 0 Å². The van der Waals surface area contributed by atoms with E-state index >= 15 is 0 Å². The van der Waals surface area contributed by atoms with E-state index in [-0.39, 0.29) is 11.6 Å². The number of aldehydes is 1. The molecule has 0 N–H and O–H groups in total. The Kier molecular flexibility index (Phi) is 5.59. The van der Waals surface area contributed by atoms with Crippen molar-refractivity contribution in [1.82, 2.24) is 4.57 Å². The van der Waals surface area contributed by atoms with Gasteiger partial charge in [0, 0.05) is 22.5 Å². The van der Waals surface area contributed by atoms with E-state index in [1.807, 2.05) is 58.3 Å². The topological polar surface area (TPSA) is 31.2 Å². The van der Waals surface area contributed by atoms with E-state index in [1.165, 1.54) is 0 Å². The van der Waals surface area contributed by atoms with Crippen LogP contribution in [0.5, 0.6) is 0 Å². The van der Waals surface area contributed by atoms with E-state index in [2.05, 4.69) is 13.2 Å². The molecule has 0 spiro atoms. The van der Waals surface area contributed by atoms with E-state index in [0.717, 1.165) is 28.8 Å². The number of rotatable bonds is 6. The highest BCUT2D eigenvalue weighted by Crippen LogP contribution is 2.33. The van der Waals surface area contributed by atoms with Crippen molar-refractivity contribution in [3.63, 3.8) is 0 Å². The average molecular weight is 301 g/mol. The average Bonchev–Trinajstić information content (AvgIpc) is 2.64. The number of aromatic nitrogens is 1. The first kappa shape index (κ1) is 18.0. The van der Waals surface area contributed by atoms with Crippen molar-refractivity contribution in [2.75, 3.05) is 0 Å². The summed E-state index contributed by atoms with van der Waals surface area (Å²) >= 11 is 0. The molecule has 1 atom stereocenters. The molecule has 0 aromatic carbocycles. The van der Waals surface area contributed by atoms with Crippen molar-refractivity contribution in [2.45, 2.75) is 53.2 Å². The second-order valence-electron chi connectivity index (χ2n) is 6.44. The summed E-state index contributed by atoms with van der Waals surface area (Å²) in [6.07, 6.45) is 6.53. The lowest BCUT2D eigenvalue weighted by Crippen LogP contribution is -2.18. The van der Waals surface area contributed by atoms with E-state index in [9.17, 15) is 4.79 Å². The summed E-state index contributed by atoms with van der Waals surface area (Å²) in [5, 5.41) is 0. The van der Waals surface area contributed by atoms with Gasteiger partial charge in [0.1, 0.15) is 17.6 Å². The molecule has 0 saturated heterocycles. The van der Waals surface area contributed by atoms with Crippen LogP contribution in [0.3, 0.4) is 0 Å². The minimum absolute atomic E-state index is 0.230. The minimum atomic E-state index is -0.324. The van der Waals surface area contributed by atoms with E-state index in [0.29, 0.717) is 5.76 Å². The Hall–Kier alpha value is -2.03. The van der Waals surface area contributed by atoms with Crippen LogP contribution in [-0.2, 0) is 9.53 Å². The Morgan fingerprint density at radius 3 is 2.32 bits per heavy atom. The van der Waals surface area contributed by atoms with Crippen molar-refractivity contribution in [3.05, 3.63) is 47.8 Å². The van der Waals surface area contributed by atoms with Crippen molar-refractivity contribution in [2.24, 2.45) is 0 Å². The van der Waals surface area contributed by atoms with Gasteiger partial charge < -0.3 is 14.1 Å². The molecule has 1 aromatic rings. The fourth-order valence-corrected chi connectivity index (χ4v) is 2.69. The summed E-state index contributed by atoms with van der Waals surface area (Å²) < 4.78 is 7.97. The first-order valence-electron chi connectivity index (χ1n) is 7.48. The summed E-state index contributed by atoms with van der Waals surface area (Å²) in [7, 11) is 0. The third kappa shape index (κ3) is 3.79. The van der Waals surface area contributed by atoms with Crippen molar-refractivity contribution in [3.8, 4) is 0 Å². The van der Waals surface area contributed by atoms with Gasteiger partial charge in [-0.1, -0.05) is 31.4 Å². The van der Waals surface area contributed by atoms with Crippen LogP contribution in [0, 0.1) is 13.8 Å². The van der Waals surface area contributed by atoms with E-state index < -0.39 is 0 Å². The zero-order valence-corrected chi connectivity index (χ0v) is 14.6. The Morgan fingerprint density at radius 1 is 1.27 bits per heavy atom. The lowest BCUT2D eigenvalue weighted by Gasteiger charge is -2.23. The van der Waals surface area contributed by atoms with Crippen LogP contribution in [0.4, 0.5) is 0 Å². The molecule has 1 unspecified atom stereocenters. The molecular formula is C19H27NO2. The molecule has 0 fully saturated rings. The lowest BCUT2D eigenvalue weighted by atomic mass is 10.1. The zero-order valence-electron chi connectivity index (χ0n) is 14.6. The van der Waals surface area contributed by atoms with Crippen LogP contribution in [0.25, 0.3) is 11.8 Å². The smallest absolute Gasteiger partial charge is 0.142 e. The minimum Gasteiger partial charge on any atom is -0.488 e. The van der Waals surface area contributed by atoms with E-state index in [1.54, 1.807) is 6.08 Å². The number of ether oxygens (including phenoxy) is 1. The van der Waals surface area contributed by atoms with Crippen LogP contribution in [0.2, 0.25) is 0 Å². The third-order valence-electron chi connectivity index (χ3n) is 3.46. The molecule has 22 heavy (non-hydrogen) atoms. The summed E-state index contributed by atoms with van der Waals surface area (Å²) in [6, 6.07) is -0.230. The quantitative estimate of drug-likeness (QED) is 0.427. The molecule has 0 amide bonds. The number of carbonyl (C=O) groups excluding carboxylic acids is 1. The highest BCUT2D eigenvalue weighted by Gasteiger charge is 2.23. The SMILES string of the molecule is C=C/C=C\c1c(C(=C)OC(C)(C)C)c(C)n(C(C)C=O)c1C. The Morgan fingerprint density at radius 2 is 1.86 bits per heavy atom. The summed E-state index contributed by atoms with van der Waals surface area (Å²) in [6.45, 7) is 19.7. The molecule has 3 heteroatoms. The predicted molar refractivity (Wildman–Crippen MR) is 93.8 cm³/mol. The fourth-order valence-electron chi connectivity index (χ4n) is 2.69. The highest BCUT2D eigenvalue weighted by molar-refractivity contribution is 5.75. The molecule has 1 heterocycles. The number of nitrogens with zero attached hydrogens (tertiary/aromatic N) is 1. The molecule has 1 rings (SSSR count). The fraction of sp³-hybridized carbons (Fsp3) is 0.421. The van der Waals surface area contributed by atoms with Crippen molar-refractivity contribution < 1.29 is 9.53 Å². The predicted octanol–water partition coefficient (Wildman–Crippen LogP) is 4.85. The van der Waals surface area contributed by atoms with Gasteiger partial charge in [0.25, 0.3) is 0 Å². The van der Waals surface area contributed by atoms with Gasteiger partial charge in [-0.3, -0.25) is 0 Å². The second-order valence-corrected chi connectivity index (χ2v) is 6.44. The van der Waals surface area contributed by atoms with Gasteiger partial charge in [-0.25, -0.2) is 0 Å². The molecule has 120 valence electrons.